The minimum atomic E-state index is 0. The predicted molar refractivity (Wildman–Crippen MR) is 67.2 cm³/mol. The van der Waals surface area contributed by atoms with E-state index in [-0.39, 0.29) is 24.8 Å². The van der Waals surface area contributed by atoms with Crippen LogP contribution in [0.2, 0.25) is 0 Å². The molecule has 0 aromatic carbocycles. The Hall–Kier alpha value is 1.08. The van der Waals surface area contributed by atoms with Gasteiger partial charge < -0.3 is 33.8 Å². The van der Waals surface area contributed by atoms with Gasteiger partial charge in [-0.25, -0.2) is 0 Å². The van der Waals surface area contributed by atoms with Gasteiger partial charge >= 0.3 is 0 Å². The van der Waals surface area contributed by atoms with Crippen molar-refractivity contribution in [3.63, 3.8) is 0 Å². The van der Waals surface area contributed by atoms with Crippen LogP contribution in [-0.4, -0.2) is 76.1 Å². The van der Waals surface area contributed by atoms with E-state index in [2.05, 4.69) is 42.3 Å². The highest BCUT2D eigenvalue weighted by atomic mass is 35.5. The van der Waals surface area contributed by atoms with Gasteiger partial charge in [0.15, 0.2) is 0 Å². The molecule has 2 nitrogen and oxygen atoms in total. The van der Waals surface area contributed by atoms with Crippen molar-refractivity contribution in [3.05, 3.63) is 0 Å². The van der Waals surface area contributed by atoms with Crippen molar-refractivity contribution >= 4 is 23.2 Å². The molecule has 16 heavy (non-hydrogen) atoms. The van der Waals surface area contributed by atoms with Crippen LogP contribution >= 0.6 is 23.2 Å². The molecule has 0 amide bonds. The molecule has 0 aliphatic rings. The summed E-state index contributed by atoms with van der Waals surface area (Å²) in [6, 6.07) is 0. The Morgan fingerprint density at radius 1 is 0.625 bits per heavy atom. The van der Waals surface area contributed by atoms with Gasteiger partial charge in [0.05, 0.1) is 67.1 Å². The zero-order chi connectivity index (χ0) is 11.8. The van der Waals surface area contributed by atoms with Gasteiger partial charge in [-0.2, -0.15) is 0 Å². The SMILES string of the molecule is C[N+](C)(C)CCCl.C[N+](C)(C)CCCl.[Cl-].[Cl-]. The van der Waals surface area contributed by atoms with Crippen LogP contribution in [0.1, 0.15) is 0 Å². The average Bonchev–Trinajstić information content (AvgIpc) is 1.81. The van der Waals surface area contributed by atoms with Crippen LogP contribution in [0.15, 0.2) is 0 Å². The molecule has 6 heteroatoms. The first kappa shape index (κ1) is 25.8. The molecule has 0 saturated carbocycles. The van der Waals surface area contributed by atoms with Crippen LogP contribution in [0.4, 0.5) is 0 Å². The summed E-state index contributed by atoms with van der Waals surface area (Å²) >= 11 is 10.9. The van der Waals surface area contributed by atoms with E-state index < -0.39 is 0 Å². The van der Waals surface area contributed by atoms with E-state index in [1.54, 1.807) is 0 Å². The van der Waals surface area contributed by atoms with Gasteiger partial charge in [0.1, 0.15) is 0 Å². The first-order valence-electron chi connectivity index (χ1n) is 4.85. The summed E-state index contributed by atoms with van der Waals surface area (Å²) in [5, 5.41) is 0. The molecule has 0 aromatic rings. The fourth-order valence-corrected chi connectivity index (χ4v) is 1.52. The first-order chi connectivity index (χ1) is 6.12. The molecular formula is C10H26Cl4N2. The molecule has 0 spiro atoms. The van der Waals surface area contributed by atoms with E-state index in [0.29, 0.717) is 0 Å². The maximum absolute atomic E-state index is 5.47. The fraction of sp³-hybridized carbons (Fsp3) is 1.00. The summed E-state index contributed by atoms with van der Waals surface area (Å²) in [7, 11) is 12.8. The van der Waals surface area contributed by atoms with Gasteiger partial charge in [-0.05, 0) is 0 Å². The Morgan fingerprint density at radius 3 is 0.812 bits per heavy atom. The van der Waals surface area contributed by atoms with Crippen LogP contribution < -0.4 is 24.8 Å². The Balaban J connectivity index is -0.0000000800. The van der Waals surface area contributed by atoms with Gasteiger partial charge in [0.25, 0.3) is 0 Å². The average molecular weight is 316 g/mol. The lowest BCUT2D eigenvalue weighted by atomic mass is 10.6. The second kappa shape index (κ2) is 12.5. The monoisotopic (exact) mass is 314 g/mol. The van der Waals surface area contributed by atoms with Gasteiger partial charge in [-0.3, -0.25) is 0 Å². The van der Waals surface area contributed by atoms with E-state index in [1.807, 2.05) is 0 Å². The molecule has 0 radical (unpaired) electrons. The minimum absolute atomic E-state index is 0. The molecule has 0 N–H and O–H groups in total. The van der Waals surface area contributed by atoms with Crippen LogP contribution in [0.3, 0.4) is 0 Å². The number of rotatable bonds is 4. The summed E-state index contributed by atoms with van der Waals surface area (Å²) in [5.74, 6) is 1.51. The molecule has 0 heterocycles. The number of hydrogen-bond donors (Lipinski definition) is 0. The van der Waals surface area contributed by atoms with E-state index in [9.17, 15) is 0 Å². The van der Waals surface area contributed by atoms with Crippen molar-refractivity contribution in [2.24, 2.45) is 0 Å². The van der Waals surface area contributed by atoms with Crippen molar-refractivity contribution in [3.8, 4) is 0 Å². The Bertz CT molecular complexity index is 114. The van der Waals surface area contributed by atoms with Gasteiger partial charge in [-0.15, -0.1) is 23.2 Å². The zero-order valence-corrected chi connectivity index (χ0v) is 14.3. The summed E-state index contributed by atoms with van der Waals surface area (Å²) in [6.07, 6.45) is 0. The standard InChI is InChI=1S/2C5H13ClN.2ClH/c2*1-7(2,3)5-4-6;;/h2*4-5H2,1-3H3;2*1H/q2*+1;;/p-2. The normalized spacial score (nSPS) is 10.5. The van der Waals surface area contributed by atoms with Crippen molar-refractivity contribution < 1.29 is 33.8 Å². The summed E-state index contributed by atoms with van der Waals surface area (Å²) < 4.78 is 1.92. The van der Waals surface area contributed by atoms with Gasteiger partial charge in [0, 0.05) is 0 Å². The lowest BCUT2D eigenvalue weighted by Crippen LogP contribution is -3.00. The van der Waals surface area contributed by atoms with E-state index in [4.69, 9.17) is 23.2 Å². The molecule has 0 unspecified atom stereocenters. The summed E-state index contributed by atoms with van der Waals surface area (Å²) in [4.78, 5) is 0. The molecule has 0 fully saturated rings. The van der Waals surface area contributed by atoms with Gasteiger partial charge in [0.2, 0.25) is 0 Å². The van der Waals surface area contributed by atoms with E-state index >= 15 is 0 Å². The van der Waals surface area contributed by atoms with Crippen molar-refractivity contribution in [2.75, 3.05) is 67.1 Å². The Labute approximate surface area is 124 Å². The Morgan fingerprint density at radius 2 is 0.812 bits per heavy atom. The lowest BCUT2D eigenvalue weighted by molar-refractivity contribution is -0.867. The third kappa shape index (κ3) is 36.3. The van der Waals surface area contributed by atoms with Crippen LogP contribution in [0.5, 0.6) is 0 Å². The first-order valence-corrected chi connectivity index (χ1v) is 5.92. The van der Waals surface area contributed by atoms with Crippen LogP contribution in [0.25, 0.3) is 0 Å². The smallest absolute Gasteiger partial charge is 0.0918 e. The summed E-state index contributed by atoms with van der Waals surface area (Å²) in [5.41, 5.74) is 0. The number of nitrogens with zero attached hydrogens (tertiary/aromatic N) is 2. The largest absolute Gasteiger partial charge is 1.00 e. The molecule has 0 aliphatic heterocycles. The Kier molecular flexibility index (Phi) is 20.2. The topological polar surface area (TPSA) is 0 Å². The highest BCUT2D eigenvalue weighted by Gasteiger charge is 2.02. The van der Waals surface area contributed by atoms with Gasteiger partial charge in [-0.1, -0.05) is 0 Å². The molecule has 0 saturated heterocycles. The fourth-order valence-electron chi connectivity index (χ4n) is 0.507. The number of halogens is 4. The highest BCUT2D eigenvalue weighted by molar-refractivity contribution is 6.18. The molecule has 0 aliphatic carbocycles. The molecule has 0 rings (SSSR count). The van der Waals surface area contributed by atoms with E-state index in [1.165, 1.54) is 0 Å². The molecule has 0 bridgehead atoms. The van der Waals surface area contributed by atoms with Crippen LogP contribution in [-0.2, 0) is 0 Å². The van der Waals surface area contributed by atoms with Crippen molar-refractivity contribution in [1.82, 2.24) is 0 Å². The predicted octanol–water partition coefficient (Wildman–Crippen LogP) is -4.13. The zero-order valence-electron chi connectivity index (χ0n) is 11.2. The second-order valence-electron chi connectivity index (χ2n) is 5.41. The third-order valence-electron chi connectivity index (χ3n) is 1.51. The molecule has 0 aromatic heterocycles. The number of alkyl halides is 2. The molecule has 104 valence electrons. The van der Waals surface area contributed by atoms with E-state index in [0.717, 1.165) is 33.8 Å². The van der Waals surface area contributed by atoms with Crippen molar-refractivity contribution in [2.45, 2.75) is 0 Å². The number of hydrogen-bond acceptors (Lipinski definition) is 0. The van der Waals surface area contributed by atoms with Crippen molar-refractivity contribution in [1.29, 1.82) is 0 Å². The van der Waals surface area contributed by atoms with Crippen LogP contribution in [0, 0.1) is 0 Å². The quantitative estimate of drug-likeness (QED) is 0.365. The molecular weight excluding hydrogens is 290 g/mol. The second-order valence-corrected chi connectivity index (χ2v) is 6.16. The summed E-state index contributed by atoms with van der Waals surface area (Å²) in [6.45, 7) is 2.09. The maximum Gasteiger partial charge on any atom is 0.0918 e. The minimum Gasteiger partial charge on any atom is -1.00 e. The number of quaternary nitrogens is 2. The molecule has 0 atom stereocenters. The maximum atomic E-state index is 5.47. The third-order valence-corrected chi connectivity index (χ3v) is 1.85. The highest BCUT2D eigenvalue weighted by Crippen LogP contribution is 1.89. The lowest BCUT2D eigenvalue weighted by Gasteiger charge is -2.21.